The summed E-state index contributed by atoms with van der Waals surface area (Å²) in [4.78, 5) is 4.65. The zero-order valence-corrected chi connectivity index (χ0v) is 13.1. The molecule has 22 heavy (non-hydrogen) atoms. The Bertz CT molecular complexity index is 792. The normalized spacial score (nSPS) is 11.1. The van der Waals surface area contributed by atoms with Gasteiger partial charge in [-0.1, -0.05) is 5.16 Å². The number of hydrogen-bond acceptors (Lipinski definition) is 5. The fourth-order valence-electron chi connectivity index (χ4n) is 2.25. The zero-order valence-electron chi connectivity index (χ0n) is 13.1. The quantitative estimate of drug-likeness (QED) is 0.728. The number of nitrogens with zero attached hydrogens (tertiary/aromatic N) is 2. The van der Waals surface area contributed by atoms with Crippen LogP contribution in [0.5, 0.6) is 11.5 Å². The minimum Gasteiger partial charge on any atom is -0.497 e. The Hall–Kier alpha value is -2.56. The molecule has 0 atom stereocenters. The zero-order chi connectivity index (χ0) is 15.7. The molecule has 1 aromatic carbocycles. The second kappa shape index (κ2) is 5.67. The first kappa shape index (κ1) is 14.4. The van der Waals surface area contributed by atoms with Crippen LogP contribution >= 0.6 is 0 Å². The third kappa shape index (κ3) is 2.62. The molecule has 2 heterocycles. The van der Waals surface area contributed by atoms with Gasteiger partial charge in [0.2, 0.25) is 5.58 Å². The van der Waals surface area contributed by atoms with Gasteiger partial charge in [0.1, 0.15) is 17.0 Å². The molecule has 0 unspecified atom stereocenters. The SMILES string of the molecule is COc1ccc(-c2cc(OC(C)C)c3onc(C)c3n2)cc1. The molecule has 0 fully saturated rings. The fourth-order valence-corrected chi connectivity index (χ4v) is 2.25. The Morgan fingerprint density at radius 1 is 1.14 bits per heavy atom. The number of benzene rings is 1. The van der Waals surface area contributed by atoms with Crippen LogP contribution in [0.3, 0.4) is 0 Å². The number of methoxy groups -OCH3 is 1. The molecule has 0 bridgehead atoms. The molecule has 3 rings (SSSR count). The van der Waals surface area contributed by atoms with Gasteiger partial charge >= 0.3 is 0 Å². The molecule has 5 heteroatoms. The van der Waals surface area contributed by atoms with Crippen molar-refractivity contribution >= 4 is 11.1 Å². The summed E-state index contributed by atoms with van der Waals surface area (Å²) in [5, 5.41) is 3.99. The predicted molar refractivity (Wildman–Crippen MR) is 84.3 cm³/mol. The second-order valence-corrected chi connectivity index (χ2v) is 5.35. The summed E-state index contributed by atoms with van der Waals surface area (Å²) in [5.41, 5.74) is 3.86. The van der Waals surface area contributed by atoms with Crippen molar-refractivity contribution in [3.8, 4) is 22.8 Å². The average molecular weight is 298 g/mol. The molecular formula is C17H18N2O3. The lowest BCUT2D eigenvalue weighted by Crippen LogP contribution is -2.06. The Morgan fingerprint density at radius 2 is 1.86 bits per heavy atom. The number of fused-ring (bicyclic) bond motifs is 1. The molecule has 2 aromatic heterocycles. The summed E-state index contributed by atoms with van der Waals surface area (Å²) >= 11 is 0. The Balaban J connectivity index is 2.14. The molecular weight excluding hydrogens is 280 g/mol. The molecule has 0 aliphatic heterocycles. The number of aromatic nitrogens is 2. The van der Waals surface area contributed by atoms with Crippen molar-refractivity contribution in [2.75, 3.05) is 7.11 Å². The summed E-state index contributed by atoms with van der Waals surface area (Å²) in [7, 11) is 1.65. The highest BCUT2D eigenvalue weighted by Crippen LogP contribution is 2.32. The maximum absolute atomic E-state index is 5.85. The van der Waals surface area contributed by atoms with Gasteiger partial charge in [0.25, 0.3) is 0 Å². The highest BCUT2D eigenvalue weighted by atomic mass is 16.5. The lowest BCUT2D eigenvalue weighted by Gasteiger charge is -2.11. The minimum absolute atomic E-state index is 0.0414. The van der Waals surface area contributed by atoms with E-state index in [1.165, 1.54) is 0 Å². The Morgan fingerprint density at radius 3 is 2.50 bits per heavy atom. The first-order chi connectivity index (χ1) is 10.6. The van der Waals surface area contributed by atoms with Crippen molar-refractivity contribution in [1.82, 2.24) is 10.1 Å². The minimum atomic E-state index is 0.0414. The van der Waals surface area contributed by atoms with Gasteiger partial charge in [0, 0.05) is 11.6 Å². The van der Waals surface area contributed by atoms with Crippen molar-refractivity contribution < 1.29 is 14.0 Å². The van der Waals surface area contributed by atoms with E-state index in [9.17, 15) is 0 Å². The third-order valence-corrected chi connectivity index (χ3v) is 3.30. The van der Waals surface area contributed by atoms with Crippen LogP contribution in [-0.4, -0.2) is 23.4 Å². The van der Waals surface area contributed by atoms with Crippen molar-refractivity contribution in [2.45, 2.75) is 26.9 Å². The van der Waals surface area contributed by atoms with Gasteiger partial charge in [-0.3, -0.25) is 0 Å². The highest BCUT2D eigenvalue weighted by Gasteiger charge is 2.16. The number of pyridine rings is 1. The van der Waals surface area contributed by atoms with Crippen LogP contribution in [0.2, 0.25) is 0 Å². The van der Waals surface area contributed by atoms with E-state index in [0.717, 1.165) is 28.2 Å². The van der Waals surface area contributed by atoms with Crippen molar-refractivity contribution in [3.63, 3.8) is 0 Å². The molecule has 0 spiro atoms. The standard InChI is InChI=1S/C17H18N2O3/c1-10(2)21-15-9-14(12-5-7-13(20-4)8-6-12)18-16-11(3)19-22-17(15)16/h5-10H,1-4H3. The van der Waals surface area contributed by atoms with Crippen LogP contribution in [0.1, 0.15) is 19.5 Å². The smallest absolute Gasteiger partial charge is 0.227 e. The van der Waals surface area contributed by atoms with Gasteiger partial charge in [-0.25, -0.2) is 4.98 Å². The summed E-state index contributed by atoms with van der Waals surface area (Å²) in [6, 6.07) is 9.63. The molecule has 0 saturated carbocycles. The van der Waals surface area contributed by atoms with Gasteiger partial charge < -0.3 is 14.0 Å². The lowest BCUT2D eigenvalue weighted by molar-refractivity contribution is 0.240. The van der Waals surface area contributed by atoms with Crippen molar-refractivity contribution in [1.29, 1.82) is 0 Å². The van der Waals surface area contributed by atoms with Crippen LogP contribution in [0, 0.1) is 6.92 Å². The van der Waals surface area contributed by atoms with E-state index in [1.54, 1.807) is 7.11 Å². The van der Waals surface area contributed by atoms with Crippen LogP contribution < -0.4 is 9.47 Å². The maximum atomic E-state index is 5.85. The van der Waals surface area contributed by atoms with E-state index >= 15 is 0 Å². The van der Waals surface area contributed by atoms with Crippen LogP contribution in [0.15, 0.2) is 34.9 Å². The molecule has 0 aliphatic rings. The van der Waals surface area contributed by atoms with E-state index in [4.69, 9.17) is 14.0 Å². The lowest BCUT2D eigenvalue weighted by atomic mass is 10.1. The molecule has 3 aromatic rings. The number of ether oxygens (including phenoxy) is 2. The van der Waals surface area contributed by atoms with Crippen LogP contribution in [-0.2, 0) is 0 Å². The Labute approximate surface area is 128 Å². The maximum Gasteiger partial charge on any atom is 0.227 e. The van der Waals surface area contributed by atoms with Crippen molar-refractivity contribution in [2.24, 2.45) is 0 Å². The van der Waals surface area contributed by atoms with E-state index in [-0.39, 0.29) is 6.10 Å². The van der Waals surface area contributed by atoms with Gasteiger partial charge in [-0.15, -0.1) is 0 Å². The number of hydrogen-bond donors (Lipinski definition) is 0. The van der Waals surface area contributed by atoms with Crippen LogP contribution in [0.4, 0.5) is 0 Å². The predicted octanol–water partition coefficient (Wildman–Crippen LogP) is 3.99. The van der Waals surface area contributed by atoms with E-state index in [2.05, 4.69) is 10.1 Å². The third-order valence-electron chi connectivity index (χ3n) is 3.30. The average Bonchev–Trinajstić information content (AvgIpc) is 2.89. The number of aryl methyl sites for hydroxylation is 1. The molecule has 0 N–H and O–H groups in total. The van der Waals surface area contributed by atoms with Gasteiger partial charge in [0.05, 0.1) is 18.9 Å². The molecule has 5 nitrogen and oxygen atoms in total. The molecule has 0 saturated heterocycles. The summed E-state index contributed by atoms with van der Waals surface area (Å²) < 4.78 is 16.4. The van der Waals surface area contributed by atoms with Gasteiger partial charge in [-0.2, -0.15) is 0 Å². The van der Waals surface area contributed by atoms with E-state index in [0.29, 0.717) is 11.3 Å². The summed E-state index contributed by atoms with van der Waals surface area (Å²) in [6.07, 6.45) is 0.0414. The monoisotopic (exact) mass is 298 g/mol. The van der Waals surface area contributed by atoms with E-state index < -0.39 is 0 Å². The first-order valence-corrected chi connectivity index (χ1v) is 7.16. The molecule has 0 radical (unpaired) electrons. The Kier molecular flexibility index (Phi) is 3.71. The molecule has 0 amide bonds. The largest absolute Gasteiger partial charge is 0.497 e. The summed E-state index contributed by atoms with van der Waals surface area (Å²) in [5.74, 6) is 1.47. The van der Waals surface area contributed by atoms with E-state index in [1.807, 2.05) is 51.1 Å². The second-order valence-electron chi connectivity index (χ2n) is 5.35. The van der Waals surface area contributed by atoms with Gasteiger partial charge in [-0.05, 0) is 45.0 Å². The highest BCUT2D eigenvalue weighted by molar-refractivity contribution is 5.84. The fraction of sp³-hybridized carbons (Fsp3) is 0.294. The van der Waals surface area contributed by atoms with Crippen molar-refractivity contribution in [3.05, 3.63) is 36.0 Å². The molecule has 114 valence electrons. The number of rotatable bonds is 4. The summed E-state index contributed by atoms with van der Waals surface area (Å²) in [6.45, 7) is 5.82. The first-order valence-electron chi connectivity index (χ1n) is 7.16. The topological polar surface area (TPSA) is 57.4 Å². The molecule has 0 aliphatic carbocycles. The van der Waals surface area contributed by atoms with Gasteiger partial charge in [0.15, 0.2) is 5.75 Å². The van der Waals surface area contributed by atoms with Crippen LogP contribution in [0.25, 0.3) is 22.4 Å².